The molecule has 1 aromatic rings. The molecule has 0 saturated heterocycles. The molecular weight excluding hydrogens is 375 g/mol. The van der Waals surface area contributed by atoms with Crippen LogP contribution in [0.15, 0.2) is 35.3 Å². The number of hydrogen-bond acceptors (Lipinski definition) is 2. The van der Waals surface area contributed by atoms with E-state index in [1.807, 2.05) is 0 Å². The van der Waals surface area contributed by atoms with E-state index in [4.69, 9.17) is 0 Å². The van der Waals surface area contributed by atoms with Crippen LogP contribution in [0.2, 0.25) is 0 Å². The Labute approximate surface area is 146 Å². The maximum Gasteiger partial charge on any atom is 0.191 e. The smallest absolute Gasteiger partial charge is 0.191 e. The van der Waals surface area contributed by atoms with Crippen LogP contribution in [0.1, 0.15) is 26.3 Å². The highest BCUT2D eigenvalue weighted by Crippen LogP contribution is 2.05. The molecule has 4 nitrogen and oxygen atoms in total. The van der Waals surface area contributed by atoms with E-state index in [9.17, 15) is 0 Å². The van der Waals surface area contributed by atoms with Crippen molar-refractivity contribution in [1.82, 2.24) is 15.5 Å². The van der Waals surface area contributed by atoms with Gasteiger partial charge in [0, 0.05) is 32.2 Å². The summed E-state index contributed by atoms with van der Waals surface area (Å²) in [4.78, 5) is 6.56. The van der Waals surface area contributed by atoms with E-state index in [1.165, 1.54) is 5.56 Å². The van der Waals surface area contributed by atoms with Gasteiger partial charge in [-0.25, -0.2) is 0 Å². The third-order valence-corrected chi connectivity index (χ3v) is 3.24. The molecule has 0 amide bonds. The van der Waals surface area contributed by atoms with Gasteiger partial charge in [0.05, 0.1) is 0 Å². The minimum atomic E-state index is 0. The van der Waals surface area contributed by atoms with Crippen LogP contribution < -0.4 is 10.6 Å². The van der Waals surface area contributed by atoms with Crippen molar-refractivity contribution in [3.05, 3.63) is 35.9 Å². The number of benzene rings is 1. The summed E-state index contributed by atoms with van der Waals surface area (Å²) in [6.45, 7) is 8.27. The zero-order valence-corrected chi connectivity index (χ0v) is 16.1. The second-order valence-electron chi connectivity index (χ2n) is 5.50. The van der Waals surface area contributed by atoms with Crippen molar-refractivity contribution in [3.8, 4) is 0 Å². The highest BCUT2D eigenvalue weighted by molar-refractivity contribution is 14.0. The first kappa shape index (κ1) is 20.2. The molecule has 0 spiro atoms. The fourth-order valence-corrected chi connectivity index (χ4v) is 1.90. The van der Waals surface area contributed by atoms with Gasteiger partial charge in [-0.3, -0.25) is 9.89 Å². The highest BCUT2D eigenvalue weighted by atomic mass is 127. The standard InChI is InChI=1S/C16H28N4.HI/c1-13(2)19-16(17-4)18-11-14(3)20(5)12-15-9-7-6-8-10-15;/h6-10,13-14H,11-12H2,1-5H3,(H2,17,18,19);1H. The molecule has 0 aliphatic heterocycles. The average molecular weight is 404 g/mol. The maximum atomic E-state index is 4.22. The van der Waals surface area contributed by atoms with Gasteiger partial charge in [-0.15, -0.1) is 24.0 Å². The van der Waals surface area contributed by atoms with Gasteiger partial charge in [0.2, 0.25) is 0 Å². The Bertz CT molecular complexity index is 406. The molecule has 120 valence electrons. The molecule has 0 aliphatic rings. The lowest BCUT2D eigenvalue weighted by Gasteiger charge is -2.26. The van der Waals surface area contributed by atoms with E-state index in [0.717, 1.165) is 19.0 Å². The Hall–Kier alpha value is -0.820. The molecule has 1 atom stereocenters. The fourth-order valence-electron chi connectivity index (χ4n) is 1.90. The minimum absolute atomic E-state index is 0. The van der Waals surface area contributed by atoms with Crippen molar-refractivity contribution >= 4 is 29.9 Å². The van der Waals surface area contributed by atoms with Crippen molar-refractivity contribution in [2.75, 3.05) is 20.6 Å². The number of nitrogens with one attached hydrogen (secondary N) is 2. The summed E-state index contributed by atoms with van der Waals surface area (Å²) in [5.41, 5.74) is 1.34. The minimum Gasteiger partial charge on any atom is -0.355 e. The van der Waals surface area contributed by atoms with Crippen LogP contribution in [0.3, 0.4) is 0 Å². The summed E-state index contributed by atoms with van der Waals surface area (Å²) in [6, 6.07) is 11.4. The SMILES string of the molecule is CN=C(NCC(C)N(C)Cc1ccccc1)NC(C)C.I. The monoisotopic (exact) mass is 404 g/mol. The van der Waals surface area contributed by atoms with Crippen LogP contribution in [0.4, 0.5) is 0 Å². The zero-order valence-electron chi connectivity index (χ0n) is 13.8. The van der Waals surface area contributed by atoms with E-state index < -0.39 is 0 Å². The van der Waals surface area contributed by atoms with Gasteiger partial charge in [-0.05, 0) is 33.4 Å². The molecule has 0 aromatic heterocycles. The van der Waals surface area contributed by atoms with Crippen molar-refractivity contribution in [1.29, 1.82) is 0 Å². The lowest BCUT2D eigenvalue weighted by Crippen LogP contribution is -2.46. The van der Waals surface area contributed by atoms with Gasteiger partial charge in [0.1, 0.15) is 0 Å². The molecule has 0 bridgehead atoms. The van der Waals surface area contributed by atoms with Crippen LogP contribution in [-0.4, -0.2) is 43.6 Å². The predicted molar refractivity (Wildman–Crippen MR) is 102 cm³/mol. The summed E-state index contributed by atoms with van der Waals surface area (Å²) in [7, 11) is 3.95. The fraction of sp³-hybridized carbons (Fsp3) is 0.562. The van der Waals surface area contributed by atoms with Crippen molar-refractivity contribution in [2.24, 2.45) is 4.99 Å². The van der Waals surface area contributed by atoms with Crippen LogP contribution >= 0.6 is 24.0 Å². The summed E-state index contributed by atoms with van der Waals surface area (Å²) in [5.74, 6) is 0.861. The molecule has 5 heteroatoms. The molecule has 0 heterocycles. The van der Waals surface area contributed by atoms with Crippen molar-refractivity contribution in [2.45, 2.75) is 39.4 Å². The Morgan fingerprint density at radius 3 is 2.33 bits per heavy atom. The van der Waals surface area contributed by atoms with Crippen molar-refractivity contribution in [3.63, 3.8) is 0 Å². The number of hydrogen-bond donors (Lipinski definition) is 2. The Morgan fingerprint density at radius 2 is 1.81 bits per heavy atom. The second-order valence-corrected chi connectivity index (χ2v) is 5.50. The Kier molecular flexibility index (Phi) is 10.4. The number of halogens is 1. The third kappa shape index (κ3) is 8.26. The number of aliphatic imine (C=N–C) groups is 1. The third-order valence-electron chi connectivity index (χ3n) is 3.24. The molecule has 21 heavy (non-hydrogen) atoms. The van der Waals surface area contributed by atoms with Gasteiger partial charge in [-0.1, -0.05) is 30.3 Å². The van der Waals surface area contributed by atoms with E-state index in [-0.39, 0.29) is 24.0 Å². The topological polar surface area (TPSA) is 39.7 Å². The summed E-state index contributed by atoms with van der Waals surface area (Å²) >= 11 is 0. The lowest BCUT2D eigenvalue weighted by molar-refractivity contribution is 0.249. The molecule has 0 radical (unpaired) electrons. The highest BCUT2D eigenvalue weighted by Gasteiger charge is 2.10. The normalized spacial score (nSPS) is 13.0. The number of nitrogens with zero attached hydrogens (tertiary/aromatic N) is 2. The van der Waals surface area contributed by atoms with Gasteiger partial charge >= 0.3 is 0 Å². The molecular formula is C16H29IN4. The van der Waals surface area contributed by atoms with Crippen LogP contribution in [-0.2, 0) is 6.54 Å². The predicted octanol–water partition coefficient (Wildman–Crippen LogP) is 2.70. The van der Waals surface area contributed by atoms with Gasteiger partial charge in [0.15, 0.2) is 5.96 Å². The summed E-state index contributed by atoms with van der Waals surface area (Å²) in [6.07, 6.45) is 0. The molecule has 2 N–H and O–H groups in total. The lowest BCUT2D eigenvalue weighted by atomic mass is 10.2. The summed E-state index contributed by atoms with van der Waals surface area (Å²) < 4.78 is 0. The van der Waals surface area contributed by atoms with E-state index in [1.54, 1.807) is 7.05 Å². The van der Waals surface area contributed by atoms with Crippen molar-refractivity contribution < 1.29 is 0 Å². The molecule has 1 unspecified atom stereocenters. The molecule has 1 rings (SSSR count). The molecule has 1 aromatic carbocycles. The van der Waals surface area contributed by atoms with E-state index >= 15 is 0 Å². The van der Waals surface area contributed by atoms with Gasteiger partial charge in [0.25, 0.3) is 0 Å². The van der Waals surface area contributed by atoms with E-state index in [2.05, 4.69) is 78.7 Å². The molecule has 0 aliphatic carbocycles. The first-order valence-corrected chi connectivity index (χ1v) is 7.24. The Balaban J connectivity index is 0.00000400. The average Bonchev–Trinajstić information content (AvgIpc) is 2.43. The zero-order chi connectivity index (χ0) is 15.0. The quantitative estimate of drug-likeness (QED) is 0.435. The number of guanidine groups is 1. The number of likely N-dealkylation sites (N-methyl/N-ethyl adjacent to an activating group) is 1. The second kappa shape index (κ2) is 10.8. The van der Waals surface area contributed by atoms with Gasteiger partial charge in [-0.2, -0.15) is 0 Å². The maximum absolute atomic E-state index is 4.22. The number of rotatable bonds is 6. The largest absolute Gasteiger partial charge is 0.355 e. The van der Waals surface area contributed by atoms with Gasteiger partial charge < -0.3 is 10.6 Å². The Morgan fingerprint density at radius 1 is 1.19 bits per heavy atom. The first-order valence-electron chi connectivity index (χ1n) is 7.24. The molecule has 0 fully saturated rings. The first-order chi connectivity index (χ1) is 9.52. The van der Waals surface area contributed by atoms with Crippen LogP contribution in [0.5, 0.6) is 0 Å². The van der Waals surface area contributed by atoms with Crippen LogP contribution in [0, 0.1) is 0 Å². The van der Waals surface area contributed by atoms with E-state index in [0.29, 0.717) is 12.1 Å². The summed E-state index contributed by atoms with van der Waals surface area (Å²) in [5, 5.41) is 6.66. The molecule has 0 saturated carbocycles. The van der Waals surface area contributed by atoms with Crippen LogP contribution in [0.25, 0.3) is 0 Å².